The van der Waals surface area contributed by atoms with Crippen LogP contribution < -0.4 is 9.47 Å². The highest BCUT2D eigenvalue weighted by Crippen LogP contribution is 2.26. The van der Waals surface area contributed by atoms with Crippen molar-refractivity contribution in [2.45, 2.75) is 19.3 Å². The fraction of sp³-hybridized carbons (Fsp3) is 0.318. The maximum atomic E-state index is 12.3. The molecule has 1 aliphatic rings. The van der Waals surface area contributed by atoms with E-state index < -0.39 is 0 Å². The second-order valence-electron chi connectivity index (χ2n) is 6.91. The van der Waals surface area contributed by atoms with Crippen molar-refractivity contribution in [1.82, 2.24) is 15.0 Å². The van der Waals surface area contributed by atoms with Gasteiger partial charge in [-0.1, -0.05) is 17.3 Å². The molecule has 4 rings (SSSR count). The molecule has 2 aromatic carbocycles. The number of nitrogens with zero attached hydrogens (tertiary/aromatic N) is 3. The summed E-state index contributed by atoms with van der Waals surface area (Å²) in [5, 5.41) is 4.07. The van der Waals surface area contributed by atoms with Crippen molar-refractivity contribution >= 4 is 5.91 Å². The maximum Gasteiger partial charge on any atom is 0.260 e. The summed E-state index contributed by atoms with van der Waals surface area (Å²) in [6.07, 6.45) is 3.32. The number of hydrogen-bond donors (Lipinski definition) is 0. The van der Waals surface area contributed by atoms with Gasteiger partial charge in [0.05, 0.1) is 7.11 Å². The van der Waals surface area contributed by atoms with Gasteiger partial charge in [-0.2, -0.15) is 4.98 Å². The van der Waals surface area contributed by atoms with E-state index >= 15 is 0 Å². The molecule has 0 bridgehead atoms. The molecule has 1 saturated heterocycles. The van der Waals surface area contributed by atoms with Gasteiger partial charge in [0, 0.05) is 24.2 Å². The molecular formula is C22H23N3O4. The summed E-state index contributed by atoms with van der Waals surface area (Å²) in [6, 6.07) is 14.8. The molecule has 0 unspecified atom stereocenters. The molecule has 0 atom stereocenters. The third kappa shape index (κ3) is 4.56. The van der Waals surface area contributed by atoms with Crippen LogP contribution in [0.15, 0.2) is 53.1 Å². The molecule has 0 aliphatic carbocycles. The number of methoxy groups -OCH3 is 1. The van der Waals surface area contributed by atoms with Gasteiger partial charge >= 0.3 is 0 Å². The van der Waals surface area contributed by atoms with Crippen molar-refractivity contribution < 1.29 is 18.8 Å². The van der Waals surface area contributed by atoms with Crippen LogP contribution in [-0.2, 0) is 4.79 Å². The number of amides is 1. The van der Waals surface area contributed by atoms with Gasteiger partial charge in [0.2, 0.25) is 5.82 Å². The third-order valence-corrected chi connectivity index (χ3v) is 4.93. The minimum Gasteiger partial charge on any atom is -0.497 e. The van der Waals surface area contributed by atoms with E-state index in [9.17, 15) is 4.79 Å². The number of rotatable bonds is 6. The van der Waals surface area contributed by atoms with Gasteiger partial charge in [0.1, 0.15) is 11.5 Å². The third-order valence-electron chi connectivity index (χ3n) is 4.93. The molecular weight excluding hydrogens is 370 g/mol. The van der Waals surface area contributed by atoms with E-state index in [1.54, 1.807) is 7.11 Å². The second kappa shape index (κ2) is 8.77. The zero-order valence-corrected chi connectivity index (χ0v) is 16.3. The molecule has 3 aromatic rings. The topological polar surface area (TPSA) is 77.7 Å². The second-order valence-corrected chi connectivity index (χ2v) is 6.91. The van der Waals surface area contributed by atoms with Crippen LogP contribution in [-0.4, -0.2) is 47.8 Å². The number of hydrogen-bond acceptors (Lipinski definition) is 6. The Hall–Kier alpha value is -3.35. The first kappa shape index (κ1) is 19.0. The van der Waals surface area contributed by atoms with E-state index in [2.05, 4.69) is 10.1 Å². The van der Waals surface area contributed by atoms with Crippen LogP contribution >= 0.6 is 0 Å². The summed E-state index contributed by atoms with van der Waals surface area (Å²) >= 11 is 0. The van der Waals surface area contributed by atoms with E-state index in [-0.39, 0.29) is 12.5 Å². The van der Waals surface area contributed by atoms with E-state index in [1.807, 2.05) is 53.4 Å². The Morgan fingerprint density at radius 2 is 1.83 bits per heavy atom. The van der Waals surface area contributed by atoms with Crippen LogP contribution in [0.3, 0.4) is 0 Å². The van der Waals surface area contributed by atoms with E-state index in [4.69, 9.17) is 14.0 Å². The van der Waals surface area contributed by atoms with Crippen LogP contribution in [0, 0.1) is 0 Å². The van der Waals surface area contributed by atoms with Crippen LogP contribution in [0.2, 0.25) is 0 Å². The zero-order valence-electron chi connectivity index (χ0n) is 16.3. The number of aromatic nitrogens is 2. The molecule has 1 amide bonds. The predicted molar refractivity (Wildman–Crippen MR) is 108 cm³/mol. The number of likely N-dealkylation sites (tertiary alicyclic amines) is 1. The molecule has 1 fully saturated rings. The highest BCUT2D eigenvalue weighted by Gasteiger charge is 2.17. The minimum absolute atomic E-state index is 0.0245. The zero-order chi connectivity index (χ0) is 20.1. The van der Waals surface area contributed by atoms with Gasteiger partial charge in [-0.15, -0.1) is 0 Å². The molecule has 150 valence electrons. The number of carbonyl (C=O) groups excluding carboxylic acids is 1. The molecule has 1 aromatic heterocycles. The Kier molecular flexibility index (Phi) is 5.74. The lowest BCUT2D eigenvalue weighted by Gasteiger charge is -2.26. The van der Waals surface area contributed by atoms with Crippen LogP contribution in [0.1, 0.15) is 19.3 Å². The van der Waals surface area contributed by atoms with Gasteiger partial charge < -0.3 is 18.9 Å². The number of carbonyl (C=O) groups is 1. The molecule has 0 N–H and O–H groups in total. The molecule has 1 aliphatic heterocycles. The Morgan fingerprint density at radius 1 is 1.03 bits per heavy atom. The Bertz CT molecular complexity index is 962. The van der Waals surface area contributed by atoms with Gasteiger partial charge in [-0.3, -0.25) is 4.79 Å². The highest BCUT2D eigenvalue weighted by atomic mass is 16.5. The average Bonchev–Trinajstić information content (AvgIpc) is 3.29. The lowest BCUT2D eigenvalue weighted by atomic mass is 10.1. The van der Waals surface area contributed by atoms with E-state index in [0.29, 0.717) is 17.5 Å². The van der Waals surface area contributed by atoms with E-state index in [0.717, 1.165) is 42.8 Å². The first-order valence-corrected chi connectivity index (χ1v) is 9.72. The summed E-state index contributed by atoms with van der Waals surface area (Å²) in [7, 11) is 1.62. The molecule has 29 heavy (non-hydrogen) atoms. The van der Waals surface area contributed by atoms with Gasteiger partial charge in [0.15, 0.2) is 6.61 Å². The lowest BCUT2D eigenvalue weighted by Crippen LogP contribution is -2.38. The largest absolute Gasteiger partial charge is 0.497 e. The smallest absolute Gasteiger partial charge is 0.260 e. The normalized spacial score (nSPS) is 13.9. The molecule has 0 saturated carbocycles. The minimum atomic E-state index is 0.0245. The first-order valence-electron chi connectivity index (χ1n) is 9.72. The Labute approximate surface area is 169 Å². The van der Waals surface area contributed by atoms with Crippen molar-refractivity contribution in [3.8, 4) is 34.3 Å². The Balaban J connectivity index is 1.43. The van der Waals surface area contributed by atoms with Crippen molar-refractivity contribution in [2.24, 2.45) is 0 Å². The quantitative estimate of drug-likeness (QED) is 0.634. The van der Waals surface area contributed by atoms with Gasteiger partial charge in [0.25, 0.3) is 11.8 Å². The number of piperidine rings is 1. The Morgan fingerprint density at radius 3 is 2.59 bits per heavy atom. The summed E-state index contributed by atoms with van der Waals surface area (Å²) in [6.45, 7) is 1.67. The van der Waals surface area contributed by atoms with E-state index in [1.165, 1.54) is 6.42 Å². The fourth-order valence-electron chi connectivity index (χ4n) is 3.30. The number of ether oxygens (including phenoxy) is 2. The average molecular weight is 393 g/mol. The molecule has 7 nitrogen and oxygen atoms in total. The standard InChI is InChI=1S/C22H23N3O4/c1-27-18-10-8-16(9-11-18)22-23-21(24-29-22)17-6-5-7-19(14-17)28-15-20(26)25-12-3-2-4-13-25/h5-11,14H,2-4,12-13,15H2,1H3. The summed E-state index contributed by atoms with van der Waals surface area (Å²) < 4.78 is 16.3. The molecule has 7 heteroatoms. The molecule has 0 spiro atoms. The van der Waals surface area contributed by atoms with Crippen LogP contribution in [0.25, 0.3) is 22.8 Å². The van der Waals surface area contributed by atoms with Crippen molar-refractivity contribution in [1.29, 1.82) is 0 Å². The number of benzene rings is 2. The van der Waals surface area contributed by atoms with Crippen molar-refractivity contribution in [3.05, 3.63) is 48.5 Å². The van der Waals surface area contributed by atoms with Crippen LogP contribution in [0.5, 0.6) is 11.5 Å². The monoisotopic (exact) mass is 393 g/mol. The molecule has 0 radical (unpaired) electrons. The molecule has 2 heterocycles. The lowest BCUT2D eigenvalue weighted by molar-refractivity contribution is -0.134. The van der Waals surface area contributed by atoms with Gasteiger partial charge in [-0.05, 0) is 55.7 Å². The summed E-state index contributed by atoms with van der Waals surface area (Å²) in [5.41, 5.74) is 1.57. The summed E-state index contributed by atoms with van der Waals surface area (Å²) in [5.74, 6) is 2.27. The fourth-order valence-corrected chi connectivity index (χ4v) is 3.30. The van der Waals surface area contributed by atoms with Crippen LogP contribution in [0.4, 0.5) is 0 Å². The van der Waals surface area contributed by atoms with Crippen molar-refractivity contribution in [3.63, 3.8) is 0 Å². The SMILES string of the molecule is COc1ccc(-c2nc(-c3cccc(OCC(=O)N4CCCCC4)c3)no2)cc1. The highest BCUT2D eigenvalue weighted by molar-refractivity contribution is 5.78. The predicted octanol–water partition coefficient (Wildman–Crippen LogP) is 3.80. The first-order chi connectivity index (χ1) is 14.2. The summed E-state index contributed by atoms with van der Waals surface area (Å²) in [4.78, 5) is 18.6. The maximum absolute atomic E-state index is 12.3. The van der Waals surface area contributed by atoms with Crippen molar-refractivity contribution in [2.75, 3.05) is 26.8 Å². The van der Waals surface area contributed by atoms with Gasteiger partial charge in [-0.25, -0.2) is 0 Å².